The van der Waals surface area contributed by atoms with E-state index in [9.17, 15) is 9.59 Å². The molecule has 6 heteroatoms. The molecular formula is C17H24O6. The van der Waals surface area contributed by atoms with E-state index in [4.69, 9.17) is 18.9 Å². The fraction of sp³-hybridized carbons (Fsp3) is 0.529. The van der Waals surface area contributed by atoms with E-state index in [0.29, 0.717) is 30.3 Å². The Labute approximate surface area is 136 Å². The zero-order valence-electron chi connectivity index (χ0n) is 14.1. The Morgan fingerprint density at radius 2 is 1.43 bits per heavy atom. The maximum absolute atomic E-state index is 11.2. The number of hydrogen-bond acceptors (Lipinski definition) is 6. The van der Waals surface area contributed by atoms with E-state index < -0.39 is 18.2 Å². The topological polar surface area (TPSA) is 71.1 Å². The molecule has 0 aliphatic heterocycles. The van der Waals surface area contributed by atoms with Crippen LogP contribution in [0.4, 0.5) is 0 Å². The maximum Gasteiger partial charge on any atom is 0.305 e. The lowest BCUT2D eigenvalue weighted by Crippen LogP contribution is -2.15. The summed E-state index contributed by atoms with van der Waals surface area (Å²) in [5.74, 6) is 0.0488. The second-order valence-electron chi connectivity index (χ2n) is 4.95. The van der Waals surface area contributed by atoms with Crippen molar-refractivity contribution in [1.29, 1.82) is 0 Å². The third-order valence-corrected chi connectivity index (χ3v) is 2.71. The first-order valence-electron chi connectivity index (χ1n) is 7.71. The largest absolute Gasteiger partial charge is 0.490 e. The SMILES string of the molecule is CCCOc1ccc(C(OC(C)=O)OC(C)=O)cc1OCCC. The highest BCUT2D eigenvalue weighted by atomic mass is 16.7. The smallest absolute Gasteiger partial charge is 0.305 e. The fourth-order valence-corrected chi connectivity index (χ4v) is 1.79. The molecular weight excluding hydrogens is 300 g/mol. The zero-order chi connectivity index (χ0) is 17.2. The van der Waals surface area contributed by atoms with Crippen molar-refractivity contribution in [3.05, 3.63) is 23.8 Å². The van der Waals surface area contributed by atoms with Crippen molar-refractivity contribution in [2.24, 2.45) is 0 Å². The number of rotatable bonds is 9. The highest BCUT2D eigenvalue weighted by Gasteiger charge is 2.20. The van der Waals surface area contributed by atoms with Crippen molar-refractivity contribution in [3.8, 4) is 11.5 Å². The predicted octanol–water partition coefficient (Wildman–Crippen LogP) is 3.39. The van der Waals surface area contributed by atoms with Crippen LogP contribution in [-0.2, 0) is 19.1 Å². The van der Waals surface area contributed by atoms with Crippen LogP contribution >= 0.6 is 0 Å². The fourth-order valence-electron chi connectivity index (χ4n) is 1.79. The summed E-state index contributed by atoms with van der Waals surface area (Å²) in [6.07, 6.45) is 0.613. The zero-order valence-corrected chi connectivity index (χ0v) is 14.1. The molecule has 0 spiro atoms. The number of benzene rings is 1. The lowest BCUT2D eigenvalue weighted by atomic mass is 10.2. The van der Waals surface area contributed by atoms with Gasteiger partial charge >= 0.3 is 11.9 Å². The van der Waals surface area contributed by atoms with Crippen LogP contribution in [0.25, 0.3) is 0 Å². The number of ether oxygens (including phenoxy) is 4. The van der Waals surface area contributed by atoms with Gasteiger partial charge in [-0.2, -0.15) is 0 Å². The Kier molecular flexibility index (Phi) is 7.94. The normalized spacial score (nSPS) is 10.3. The summed E-state index contributed by atoms with van der Waals surface area (Å²) in [6.45, 7) is 7.61. The first-order valence-corrected chi connectivity index (χ1v) is 7.71. The standard InChI is InChI=1S/C17H24O6/c1-5-9-20-15-8-7-14(11-16(15)21-10-6-2)17(22-12(3)18)23-13(4)19/h7-8,11,17H,5-6,9-10H2,1-4H3. The number of carbonyl (C=O) groups excluding carboxylic acids is 2. The molecule has 0 unspecified atom stereocenters. The minimum absolute atomic E-state index is 0.505. The van der Waals surface area contributed by atoms with Crippen molar-refractivity contribution >= 4 is 11.9 Å². The maximum atomic E-state index is 11.2. The number of carbonyl (C=O) groups is 2. The third kappa shape index (κ3) is 6.59. The molecule has 128 valence electrons. The van der Waals surface area contributed by atoms with Gasteiger partial charge in [-0.1, -0.05) is 13.8 Å². The second kappa shape index (κ2) is 9.71. The Balaban J connectivity index is 3.06. The van der Waals surface area contributed by atoms with Crippen LogP contribution in [-0.4, -0.2) is 25.2 Å². The Morgan fingerprint density at radius 1 is 0.913 bits per heavy atom. The van der Waals surface area contributed by atoms with E-state index in [0.717, 1.165) is 12.8 Å². The quantitative estimate of drug-likeness (QED) is 0.512. The van der Waals surface area contributed by atoms with Crippen molar-refractivity contribution < 1.29 is 28.5 Å². The van der Waals surface area contributed by atoms with E-state index in [-0.39, 0.29) is 0 Å². The van der Waals surface area contributed by atoms with Gasteiger partial charge in [0, 0.05) is 19.4 Å². The van der Waals surface area contributed by atoms with Gasteiger partial charge in [0.25, 0.3) is 6.29 Å². The molecule has 1 rings (SSSR count). The molecule has 0 bridgehead atoms. The molecule has 0 aliphatic rings. The molecule has 0 saturated heterocycles. The molecule has 23 heavy (non-hydrogen) atoms. The summed E-state index contributed by atoms with van der Waals surface area (Å²) in [7, 11) is 0. The van der Waals surface area contributed by atoms with Gasteiger partial charge in [0.05, 0.1) is 13.2 Å². The molecule has 0 fully saturated rings. The van der Waals surface area contributed by atoms with Crippen molar-refractivity contribution in [2.75, 3.05) is 13.2 Å². The predicted molar refractivity (Wildman–Crippen MR) is 84.3 cm³/mol. The summed E-state index contributed by atoms with van der Waals surface area (Å²) in [5.41, 5.74) is 0.505. The summed E-state index contributed by atoms with van der Waals surface area (Å²) < 4.78 is 21.4. The summed E-state index contributed by atoms with van der Waals surface area (Å²) in [4.78, 5) is 22.4. The molecule has 0 saturated carbocycles. The molecule has 0 aromatic heterocycles. The second-order valence-corrected chi connectivity index (χ2v) is 4.95. The van der Waals surface area contributed by atoms with E-state index in [2.05, 4.69) is 0 Å². The van der Waals surface area contributed by atoms with Gasteiger partial charge in [-0.05, 0) is 31.0 Å². The van der Waals surface area contributed by atoms with Crippen molar-refractivity contribution in [2.45, 2.75) is 46.8 Å². The average Bonchev–Trinajstić information content (AvgIpc) is 2.49. The van der Waals surface area contributed by atoms with Crippen LogP contribution in [0.3, 0.4) is 0 Å². The Bertz CT molecular complexity index is 510. The highest BCUT2D eigenvalue weighted by Crippen LogP contribution is 2.32. The van der Waals surface area contributed by atoms with Gasteiger partial charge in [0.15, 0.2) is 11.5 Å². The minimum Gasteiger partial charge on any atom is -0.490 e. The number of hydrogen-bond donors (Lipinski definition) is 0. The van der Waals surface area contributed by atoms with Gasteiger partial charge < -0.3 is 18.9 Å². The first-order chi connectivity index (χ1) is 11.0. The Hall–Kier alpha value is -2.24. The van der Waals surface area contributed by atoms with E-state index in [1.165, 1.54) is 13.8 Å². The molecule has 0 N–H and O–H groups in total. The van der Waals surface area contributed by atoms with Gasteiger partial charge in [-0.3, -0.25) is 9.59 Å². The van der Waals surface area contributed by atoms with E-state index in [1.54, 1.807) is 18.2 Å². The van der Waals surface area contributed by atoms with E-state index in [1.807, 2.05) is 13.8 Å². The molecule has 0 atom stereocenters. The molecule has 0 amide bonds. The molecule has 1 aromatic rings. The lowest BCUT2D eigenvalue weighted by Gasteiger charge is -2.19. The summed E-state index contributed by atoms with van der Waals surface area (Å²) in [6, 6.07) is 5.06. The van der Waals surface area contributed by atoms with Crippen molar-refractivity contribution in [1.82, 2.24) is 0 Å². The molecule has 0 radical (unpaired) electrons. The van der Waals surface area contributed by atoms with Crippen molar-refractivity contribution in [3.63, 3.8) is 0 Å². The third-order valence-electron chi connectivity index (χ3n) is 2.71. The van der Waals surface area contributed by atoms with Gasteiger partial charge in [0.1, 0.15) is 0 Å². The van der Waals surface area contributed by atoms with Crippen LogP contribution in [0.1, 0.15) is 52.4 Å². The van der Waals surface area contributed by atoms with Gasteiger partial charge in [-0.15, -0.1) is 0 Å². The lowest BCUT2D eigenvalue weighted by molar-refractivity contribution is -0.186. The van der Waals surface area contributed by atoms with E-state index >= 15 is 0 Å². The van der Waals surface area contributed by atoms with Gasteiger partial charge in [-0.25, -0.2) is 0 Å². The highest BCUT2D eigenvalue weighted by molar-refractivity contribution is 5.68. The minimum atomic E-state index is -1.10. The molecule has 0 aliphatic carbocycles. The van der Waals surface area contributed by atoms with Crippen LogP contribution in [0, 0.1) is 0 Å². The van der Waals surface area contributed by atoms with Gasteiger partial charge in [0.2, 0.25) is 0 Å². The van der Waals surface area contributed by atoms with Crippen LogP contribution in [0.15, 0.2) is 18.2 Å². The molecule has 6 nitrogen and oxygen atoms in total. The summed E-state index contributed by atoms with van der Waals surface area (Å²) >= 11 is 0. The summed E-state index contributed by atoms with van der Waals surface area (Å²) in [5, 5.41) is 0. The number of esters is 2. The molecule has 1 aromatic carbocycles. The Morgan fingerprint density at radius 3 is 1.91 bits per heavy atom. The monoisotopic (exact) mass is 324 g/mol. The van der Waals surface area contributed by atoms with Crippen LogP contribution in [0.5, 0.6) is 11.5 Å². The van der Waals surface area contributed by atoms with Crippen LogP contribution in [0.2, 0.25) is 0 Å². The first kappa shape index (κ1) is 18.8. The molecule has 0 heterocycles. The van der Waals surface area contributed by atoms with Crippen LogP contribution < -0.4 is 9.47 Å². The average molecular weight is 324 g/mol.